The third-order valence-corrected chi connectivity index (χ3v) is 5.18. The maximum atomic E-state index is 2.27. The lowest BCUT2D eigenvalue weighted by molar-refractivity contribution is 1.28. The number of hydrogen-bond donors (Lipinski definition) is 0. The molecule has 0 fully saturated rings. The Balaban J connectivity index is 1.62. The van der Waals surface area contributed by atoms with E-state index in [0.29, 0.717) is 0 Å². The fourth-order valence-corrected chi connectivity index (χ4v) is 3.40. The quantitative estimate of drug-likeness (QED) is 0.320. The maximum absolute atomic E-state index is 2.27. The van der Waals surface area contributed by atoms with Gasteiger partial charge in [0.1, 0.15) is 0 Å². The van der Waals surface area contributed by atoms with E-state index in [1.54, 1.807) is 0 Å². The second kappa shape index (κ2) is 8.62. The average Bonchev–Trinajstić information content (AvgIpc) is 2.77. The van der Waals surface area contributed by atoms with Crippen LogP contribution in [0.25, 0.3) is 12.2 Å². The zero-order chi connectivity index (χ0) is 20.1. The van der Waals surface area contributed by atoms with Crippen LogP contribution in [0.1, 0.15) is 22.3 Å². The molecule has 0 heterocycles. The van der Waals surface area contributed by atoms with Gasteiger partial charge in [0, 0.05) is 17.1 Å². The Morgan fingerprint density at radius 3 is 1.52 bits per heavy atom. The van der Waals surface area contributed by atoms with E-state index in [0.717, 1.165) is 17.1 Å². The third kappa shape index (κ3) is 4.47. The van der Waals surface area contributed by atoms with Gasteiger partial charge in [-0.15, -0.1) is 0 Å². The standard InChI is InChI=1S/C28H25N/c1-22-13-14-25(21-23(22)2)16-15-24-17-19-28(20-18-24)29(26-9-5-3-6-10-26)27-11-7-4-8-12-27/h3-21H,1-2H3. The van der Waals surface area contributed by atoms with Crippen molar-refractivity contribution < 1.29 is 0 Å². The summed E-state index contributed by atoms with van der Waals surface area (Å²) in [6.45, 7) is 4.30. The Labute approximate surface area is 173 Å². The van der Waals surface area contributed by atoms with Crippen LogP contribution in [0.5, 0.6) is 0 Å². The highest BCUT2D eigenvalue weighted by atomic mass is 15.1. The van der Waals surface area contributed by atoms with Crippen LogP contribution < -0.4 is 4.90 Å². The summed E-state index contributed by atoms with van der Waals surface area (Å²) in [6.07, 6.45) is 4.34. The first-order valence-electron chi connectivity index (χ1n) is 9.96. The van der Waals surface area contributed by atoms with E-state index in [1.165, 1.54) is 22.3 Å². The molecule has 0 saturated carbocycles. The zero-order valence-electron chi connectivity index (χ0n) is 16.9. The van der Waals surface area contributed by atoms with E-state index < -0.39 is 0 Å². The minimum absolute atomic E-state index is 1.14. The van der Waals surface area contributed by atoms with E-state index in [-0.39, 0.29) is 0 Å². The number of benzene rings is 4. The molecule has 0 radical (unpaired) electrons. The molecule has 0 atom stereocenters. The monoisotopic (exact) mass is 375 g/mol. The summed E-state index contributed by atoms with van der Waals surface area (Å²) in [7, 11) is 0. The van der Waals surface area contributed by atoms with Gasteiger partial charge in [-0.1, -0.05) is 78.9 Å². The smallest absolute Gasteiger partial charge is 0.0462 e. The van der Waals surface area contributed by atoms with Gasteiger partial charge >= 0.3 is 0 Å². The van der Waals surface area contributed by atoms with Crippen molar-refractivity contribution >= 4 is 29.2 Å². The molecule has 29 heavy (non-hydrogen) atoms. The molecule has 0 spiro atoms. The highest BCUT2D eigenvalue weighted by molar-refractivity contribution is 5.78. The van der Waals surface area contributed by atoms with Gasteiger partial charge in [0.2, 0.25) is 0 Å². The van der Waals surface area contributed by atoms with E-state index in [4.69, 9.17) is 0 Å². The lowest BCUT2D eigenvalue weighted by Gasteiger charge is -2.25. The molecule has 0 saturated heterocycles. The number of hydrogen-bond acceptors (Lipinski definition) is 1. The van der Waals surface area contributed by atoms with Crippen LogP contribution >= 0.6 is 0 Å². The molecule has 0 bridgehead atoms. The van der Waals surface area contributed by atoms with Gasteiger partial charge in [-0.2, -0.15) is 0 Å². The van der Waals surface area contributed by atoms with Crippen molar-refractivity contribution in [2.75, 3.05) is 4.90 Å². The van der Waals surface area contributed by atoms with Gasteiger partial charge in [-0.05, 0) is 72.5 Å². The Bertz CT molecular complexity index is 1050. The van der Waals surface area contributed by atoms with Crippen molar-refractivity contribution in [3.8, 4) is 0 Å². The Morgan fingerprint density at radius 2 is 0.966 bits per heavy atom. The predicted octanol–water partition coefficient (Wildman–Crippen LogP) is 7.94. The zero-order valence-corrected chi connectivity index (χ0v) is 16.9. The van der Waals surface area contributed by atoms with Crippen LogP contribution in [0, 0.1) is 13.8 Å². The van der Waals surface area contributed by atoms with Crippen LogP contribution in [0.3, 0.4) is 0 Å². The summed E-state index contributed by atoms with van der Waals surface area (Å²) in [6, 6.07) is 36.2. The second-order valence-corrected chi connectivity index (χ2v) is 7.28. The molecule has 0 aromatic heterocycles. The first-order valence-corrected chi connectivity index (χ1v) is 9.96. The third-order valence-electron chi connectivity index (χ3n) is 5.18. The molecular formula is C28H25N. The Kier molecular flexibility index (Phi) is 5.58. The van der Waals surface area contributed by atoms with Crippen LogP contribution in [0.2, 0.25) is 0 Å². The number of nitrogens with zero attached hydrogens (tertiary/aromatic N) is 1. The van der Waals surface area contributed by atoms with Gasteiger partial charge in [-0.25, -0.2) is 0 Å². The molecule has 0 aliphatic heterocycles. The second-order valence-electron chi connectivity index (χ2n) is 7.28. The molecule has 0 unspecified atom stereocenters. The van der Waals surface area contributed by atoms with Gasteiger partial charge in [-0.3, -0.25) is 0 Å². The first-order chi connectivity index (χ1) is 14.2. The lowest BCUT2D eigenvalue weighted by Crippen LogP contribution is -2.09. The maximum Gasteiger partial charge on any atom is 0.0462 e. The SMILES string of the molecule is Cc1ccc(C=Cc2ccc(N(c3ccccc3)c3ccccc3)cc2)cc1C. The molecule has 1 nitrogen and oxygen atoms in total. The summed E-state index contributed by atoms with van der Waals surface area (Å²) < 4.78 is 0. The number of para-hydroxylation sites is 2. The molecular weight excluding hydrogens is 350 g/mol. The topological polar surface area (TPSA) is 3.24 Å². The van der Waals surface area contributed by atoms with E-state index in [2.05, 4.69) is 122 Å². The van der Waals surface area contributed by atoms with Crippen molar-refractivity contribution in [2.45, 2.75) is 13.8 Å². The molecule has 4 rings (SSSR count). The molecule has 4 aromatic carbocycles. The molecule has 1 heteroatoms. The minimum atomic E-state index is 1.14. The Morgan fingerprint density at radius 1 is 0.483 bits per heavy atom. The molecule has 0 amide bonds. The number of rotatable bonds is 5. The van der Waals surface area contributed by atoms with Gasteiger partial charge in [0.15, 0.2) is 0 Å². The number of aryl methyl sites for hydroxylation is 2. The minimum Gasteiger partial charge on any atom is -0.311 e. The molecule has 0 aliphatic carbocycles. The fourth-order valence-electron chi connectivity index (χ4n) is 3.40. The normalized spacial score (nSPS) is 11.0. The average molecular weight is 376 g/mol. The summed E-state index contributed by atoms with van der Waals surface area (Å²) in [5.74, 6) is 0. The summed E-state index contributed by atoms with van der Waals surface area (Å²) in [5.41, 5.74) is 8.51. The van der Waals surface area contributed by atoms with E-state index >= 15 is 0 Å². The van der Waals surface area contributed by atoms with Crippen molar-refractivity contribution in [1.29, 1.82) is 0 Å². The van der Waals surface area contributed by atoms with Crippen LogP contribution in [-0.2, 0) is 0 Å². The van der Waals surface area contributed by atoms with Crippen LogP contribution in [0.15, 0.2) is 103 Å². The molecule has 0 N–H and O–H groups in total. The largest absolute Gasteiger partial charge is 0.311 e. The van der Waals surface area contributed by atoms with Gasteiger partial charge in [0.25, 0.3) is 0 Å². The summed E-state index contributed by atoms with van der Waals surface area (Å²) >= 11 is 0. The highest BCUT2D eigenvalue weighted by Gasteiger charge is 2.11. The van der Waals surface area contributed by atoms with Gasteiger partial charge in [0.05, 0.1) is 0 Å². The van der Waals surface area contributed by atoms with Crippen molar-refractivity contribution in [3.63, 3.8) is 0 Å². The van der Waals surface area contributed by atoms with Crippen LogP contribution in [0.4, 0.5) is 17.1 Å². The van der Waals surface area contributed by atoms with Crippen LogP contribution in [-0.4, -0.2) is 0 Å². The fraction of sp³-hybridized carbons (Fsp3) is 0.0714. The van der Waals surface area contributed by atoms with E-state index in [9.17, 15) is 0 Å². The summed E-state index contributed by atoms with van der Waals surface area (Å²) in [5, 5.41) is 0. The van der Waals surface area contributed by atoms with Crippen molar-refractivity contribution in [1.82, 2.24) is 0 Å². The summed E-state index contributed by atoms with van der Waals surface area (Å²) in [4.78, 5) is 2.27. The molecule has 0 aliphatic rings. The molecule has 142 valence electrons. The van der Waals surface area contributed by atoms with Crippen molar-refractivity contribution in [2.24, 2.45) is 0 Å². The van der Waals surface area contributed by atoms with Gasteiger partial charge < -0.3 is 4.90 Å². The predicted molar refractivity (Wildman–Crippen MR) is 126 cm³/mol. The number of anilines is 3. The van der Waals surface area contributed by atoms with Crippen molar-refractivity contribution in [3.05, 3.63) is 125 Å². The Hall–Kier alpha value is -3.58. The lowest BCUT2D eigenvalue weighted by atomic mass is 10.1. The van der Waals surface area contributed by atoms with E-state index in [1.807, 2.05) is 12.1 Å². The first kappa shape index (κ1) is 18.8. The highest BCUT2D eigenvalue weighted by Crippen LogP contribution is 2.34. The molecule has 4 aromatic rings.